The van der Waals surface area contributed by atoms with Gasteiger partial charge in [0.2, 0.25) is 0 Å². The van der Waals surface area contributed by atoms with Crippen molar-refractivity contribution in [2.75, 3.05) is 17.7 Å². The van der Waals surface area contributed by atoms with E-state index in [0.717, 1.165) is 0 Å². The van der Waals surface area contributed by atoms with Crippen LogP contribution >= 0.6 is 22.9 Å². The highest BCUT2D eigenvalue weighted by atomic mass is 35.5. The lowest BCUT2D eigenvalue weighted by molar-refractivity contribution is 0.102. The van der Waals surface area contributed by atoms with Crippen LogP contribution in [0.4, 0.5) is 11.5 Å². The number of carbonyl (C=O) groups is 2. The monoisotopic (exact) mass is 426 g/mol. The zero-order valence-corrected chi connectivity index (χ0v) is 16.7. The van der Waals surface area contributed by atoms with E-state index in [-0.39, 0.29) is 11.8 Å². The summed E-state index contributed by atoms with van der Waals surface area (Å²) in [5.74, 6) is 0.485. The Morgan fingerprint density at radius 3 is 2.55 bits per heavy atom. The van der Waals surface area contributed by atoms with Crippen molar-refractivity contribution in [3.05, 3.63) is 70.1 Å². The Morgan fingerprint density at radius 2 is 1.83 bits per heavy atom. The predicted molar refractivity (Wildman–Crippen MR) is 114 cm³/mol. The molecule has 2 aromatic carbocycles. The lowest BCUT2D eigenvalue weighted by Crippen LogP contribution is -2.13. The molecule has 0 unspecified atom stereocenters. The minimum atomic E-state index is -0.364. The summed E-state index contributed by atoms with van der Waals surface area (Å²) in [6.07, 6.45) is 0. The number of nitrogens with zero attached hydrogens (tertiary/aromatic N) is 1. The fourth-order valence-corrected chi connectivity index (χ4v) is 3.82. The highest BCUT2D eigenvalue weighted by Crippen LogP contribution is 2.30. The maximum atomic E-state index is 12.6. The molecule has 0 aliphatic carbocycles. The number of aromatic amines is 1. The van der Waals surface area contributed by atoms with Crippen LogP contribution in [-0.4, -0.2) is 29.1 Å². The number of fused-ring (bicyclic) bond motifs is 1. The SMILES string of the molecule is COc1ccc(NC(=O)c2cc3c(NC(=O)c4ccccc4Cl)[nH]nc3s2)cc1. The largest absolute Gasteiger partial charge is 0.497 e. The third-order valence-corrected chi connectivity index (χ3v) is 5.54. The van der Waals surface area contributed by atoms with Crippen LogP contribution in [0.2, 0.25) is 5.02 Å². The van der Waals surface area contributed by atoms with Crippen LogP contribution in [0, 0.1) is 0 Å². The number of benzene rings is 2. The Hall–Kier alpha value is -3.36. The molecule has 0 saturated carbocycles. The number of anilines is 2. The first-order valence-corrected chi connectivity index (χ1v) is 9.74. The minimum absolute atomic E-state index is 0.262. The van der Waals surface area contributed by atoms with Gasteiger partial charge in [0, 0.05) is 5.69 Å². The first-order valence-electron chi connectivity index (χ1n) is 8.54. The third kappa shape index (κ3) is 3.94. The van der Waals surface area contributed by atoms with E-state index in [4.69, 9.17) is 16.3 Å². The molecule has 0 aliphatic rings. The molecule has 4 aromatic rings. The molecular weight excluding hydrogens is 412 g/mol. The topological polar surface area (TPSA) is 96.1 Å². The van der Waals surface area contributed by atoms with E-state index in [1.807, 2.05) is 0 Å². The van der Waals surface area contributed by atoms with E-state index in [1.54, 1.807) is 61.7 Å². The van der Waals surface area contributed by atoms with Crippen molar-refractivity contribution in [2.24, 2.45) is 0 Å². The van der Waals surface area contributed by atoms with Gasteiger partial charge in [0.15, 0.2) is 0 Å². The fraction of sp³-hybridized carbons (Fsp3) is 0.0500. The second-order valence-corrected chi connectivity index (χ2v) is 7.48. The zero-order chi connectivity index (χ0) is 20.4. The Bertz CT molecular complexity index is 1200. The van der Waals surface area contributed by atoms with Gasteiger partial charge in [-0.3, -0.25) is 14.7 Å². The molecule has 0 fully saturated rings. The number of carbonyl (C=O) groups excluding carboxylic acids is 2. The highest BCUT2D eigenvalue weighted by Gasteiger charge is 2.18. The number of ether oxygens (including phenoxy) is 1. The number of rotatable bonds is 5. The number of nitrogens with one attached hydrogen (secondary N) is 3. The van der Waals surface area contributed by atoms with Gasteiger partial charge >= 0.3 is 0 Å². The van der Waals surface area contributed by atoms with Gasteiger partial charge in [-0.15, -0.1) is 11.3 Å². The lowest BCUT2D eigenvalue weighted by Gasteiger charge is -2.05. The molecule has 0 bridgehead atoms. The summed E-state index contributed by atoms with van der Waals surface area (Å²) in [5, 5.41) is 13.5. The Balaban J connectivity index is 1.53. The second-order valence-electron chi connectivity index (χ2n) is 6.04. The number of hydrogen-bond donors (Lipinski definition) is 3. The van der Waals surface area contributed by atoms with Crippen LogP contribution in [0.15, 0.2) is 54.6 Å². The number of hydrogen-bond acceptors (Lipinski definition) is 5. The molecule has 3 N–H and O–H groups in total. The van der Waals surface area contributed by atoms with E-state index in [9.17, 15) is 9.59 Å². The summed E-state index contributed by atoms with van der Waals surface area (Å²) in [7, 11) is 1.58. The molecule has 2 amide bonds. The number of H-pyrrole nitrogens is 1. The average molecular weight is 427 g/mol. The van der Waals surface area contributed by atoms with Gasteiger partial charge in [0.25, 0.3) is 11.8 Å². The van der Waals surface area contributed by atoms with Crippen molar-refractivity contribution in [3.8, 4) is 5.75 Å². The molecule has 2 heterocycles. The molecule has 0 aliphatic heterocycles. The first-order chi connectivity index (χ1) is 14.0. The van der Waals surface area contributed by atoms with Crippen molar-refractivity contribution in [1.29, 1.82) is 0 Å². The molecule has 0 radical (unpaired) electrons. The fourth-order valence-electron chi connectivity index (χ4n) is 2.71. The molecule has 0 spiro atoms. The molecule has 4 rings (SSSR count). The maximum Gasteiger partial charge on any atom is 0.265 e. The van der Waals surface area contributed by atoms with Gasteiger partial charge in [-0.2, -0.15) is 5.10 Å². The summed E-state index contributed by atoms with van der Waals surface area (Å²) in [6, 6.07) is 15.5. The van der Waals surface area contributed by atoms with Crippen molar-refractivity contribution >= 4 is 56.5 Å². The normalized spacial score (nSPS) is 10.7. The van der Waals surface area contributed by atoms with Gasteiger partial charge in [-0.1, -0.05) is 23.7 Å². The van der Waals surface area contributed by atoms with E-state index >= 15 is 0 Å². The van der Waals surface area contributed by atoms with Crippen LogP contribution in [0.1, 0.15) is 20.0 Å². The predicted octanol–water partition coefficient (Wildman–Crippen LogP) is 4.79. The molecule has 9 heteroatoms. The van der Waals surface area contributed by atoms with E-state index < -0.39 is 0 Å². The van der Waals surface area contributed by atoms with Crippen molar-refractivity contribution in [3.63, 3.8) is 0 Å². The Labute approximate surface area is 174 Å². The average Bonchev–Trinajstić information content (AvgIpc) is 3.31. The maximum absolute atomic E-state index is 12.6. The van der Waals surface area contributed by atoms with Gasteiger partial charge in [0.1, 0.15) is 16.4 Å². The molecule has 0 saturated heterocycles. The first kappa shape index (κ1) is 19.0. The van der Waals surface area contributed by atoms with Crippen LogP contribution in [0.25, 0.3) is 10.2 Å². The van der Waals surface area contributed by atoms with Gasteiger partial charge in [-0.25, -0.2) is 0 Å². The standard InChI is InChI=1S/C20H15ClN4O3S/c1-28-12-8-6-11(7-9-12)22-19(27)16-10-14-17(24-25-20(14)29-16)23-18(26)13-4-2-3-5-15(13)21/h2-10H,1H3,(H,22,27)(H2,23,24,25,26). The quantitative estimate of drug-likeness (QED) is 0.427. The molecular formula is C20H15ClN4O3S. The summed E-state index contributed by atoms with van der Waals surface area (Å²) in [5.41, 5.74) is 1.00. The van der Waals surface area contributed by atoms with Gasteiger partial charge in [0.05, 0.1) is 28.0 Å². The van der Waals surface area contributed by atoms with Gasteiger partial charge < -0.3 is 15.4 Å². The Morgan fingerprint density at radius 1 is 1.07 bits per heavy atom. The molecule has 7 nitrogen and oxygen atoms in total. The highest BCUT2D eigenvalue weighted by molar-refractivity contribution is 7.20. The number of thiophene rings is 1. The molecule has 0 atom stereocenters. The number of aromatic nitrogens is 2. The molecule has 2 aromatic heterocycles. The molecule has 146 valence electrons. The van der Waals surface area contributed by atoms with E-state index in [0.29, 0.717) is 42.9 Å². The van der Waals surface area contributed by atoms with Crippen LogP contribution < -0.4 is 15.4 Å². The number of halogens is 1. The van der Waals surface area contributed by atoms with E-state index in [1.165, 1.54) is 11.3 Å². The van der Waals surface area contributed by atoms with Crippen molar-refractivity contribution in [1.82, 2.24) is 10.2 Å². The van der Waals surface area contributed by atoms with Crippen LogP contribution in [-0.2, 0) is 0 Å². The number of methoxy groups -OCH3 is 1. The van der Waals surface area contributed by atoms with Crippen molar-refractivity contribution < 1.29 is 14.3 Å². The zero-order valence-electron chi connectivity index (χ0n) is 15.2. The number of amides is 2. The lowest BCUT2D eigenvalue weighted by atomic mass is 10.2. The summed E-state index contributed by atoms with van der Waals surface area (Å²) in [6.45, 7) is 0. The van der Waals surface area contributed by atoms with Crippen molar-refractivity contribution in [2.45, 2.75) is 0 Å². The Kier molecular flexibility index (Phi) is 5.20. The summed E-state index contributed by atoms with van der Waals surface area (Å²) in [4.78, 5) is 26.1. The summed E-state index contributed by atoms with van der Waals surface area (Å²) >= 11 is 7.30. The second kappa shape index (κ2) is 7.94. The van der Waals surface area contributed by atoms with Crippen LogP contribution in [0.3, 0.4) is 0 Å². The van der Waals surface area contributed by atoms with Crippen LogP contribution in [0.5, 0.6) is 5.75 Å². The summed E-state index contributed by atoms with van der Waals surface area (Å²) < 4.78 is 5.11. The third-order valence-electron chi connectivity index (χ3n) is 4.18. The van der Waals surface area contributed by atoms with Gasteiger partial charge in [-0.05, 0) is 42.5 Å². The molecule has 29 heavy (non-hydrogen) atoms. The van der Waals surface area contributed by atoms with E-state index in [2.05, 4.69) is 20.8 Å². The minimum Gasteiger partial charge on any atom is -0.497 e. The smallest absolute Gasteiger partial charge is 0.265 e.